The van der Waals surface area contributed by atoms with Gasteiger partial charge >= 0.3 is 0 Å². The number of para-hydroxylation sites is 2. The lowest BCUT2D eigenvalue weighted by atomic mass is 10.0. The highest BCUT2D eigenvalue weighted by Crippen LogP contribution is 2.47. The summed E-state index contributed by atoms with van der Waals surface area (Å²) in [6, 6.07) is 24.3. The van der Waals surface area contributed by atoms with E-state index in [1.165, 1.54) is 0 Å². The highest BCUT2D eigenvalue weighted by Gasteiger charge is 2.39. The number of nitrogens with zero attached hydrogens (tertiary/aromatic N) is 3. The normalized spacial score (nSPS) is 19.1. The van der Waals surface area contributed by atoms with Gasteiger partial charge in [0.25, 0.3) is 0 Å². The lowest BCUT2D eigenvalue weighted by molar-refractivity contribution is 0.120. The number of hydrogen-bond acceptors (Lipinski definition) is 7. The molecule has 1 aromatic heterocycles. The van der Waals surface area contributed by atoms with Crippen molar-refractivity contribution in [2.75, 3.05) is 12.0 Å². The third-order valence-corrected chi connectivity index (χ3v) is 6.50. The second-order valence-electron chi connectivity index (χ2n) is 7.25. The zero-order chi connectivity index (χ0) is 20.7. The van der Waals surface area contributed by atoms with E-state index in [1.54, 1.807) is 18.4 Å². The van der Waals surface area contributed by atoms with Crippen LogP contribution in [0.2, 0.25) is 0 Å². The molecule has 2 atom stereocenters. The SMILES string of the molecule is COc1cccc2c1N(c1nc3ccccc3s1)C(N)N(Cc1ccccc1)C2N. The molecule has 7 heteroatoms. The molecule has 4 N–H and O–H groups in total. The average Bonchev–Trinajstić information content (AvgIpc) is 3.21. The van der Waals surface area contributed by atoms with Gasteiger partial charge in [0.1, 0.15) is 12.0 Å². The summed E-state index contributed by atoms with van der Waals surface area (Å²) < 4.78 is 6.81. The second-order valence-corrected chi connectivity index (χ2v) is 8.26. The number of methoxy groups -OCH3 is 1. The molecule has 0 aliphatic carbocycles. The maximum absolute atomic E-state index is 6.84. The first-order valence-corrected chi connectivity index (χ1v) is 10.6. The smallest absolute Gasteiger partial charge is 0.193 e. The molecule has 152 valence electrons. The predicted molar refractivity (Wildman–Crippen MR) is 122 cm³/mol. The van der Waals surface area contributed by atoms with Crippen molar-refractivity contribution < 1.29 is 4.74 Å². The minimum Gasteiger partial charge on any atom is -0.495 e. The van der Waals surface area contributed by atoms with E-state index in [4.69, 9.17) is 21.2 Å². The lowest BCUT2D eigenvalue weighted by Crippen LogP contribution is -2.58. The van der Waals surface area contributed by atoms with Crippen LogP contribution in [-0.4, -0.2) is 23.3 Å². The summed E-state index contributed by atoms with van der Waals surface area (Å²) in [6.07, 6.45) is -0.861. The molecule has 3 aromatic carbocycles. The minimum atomic E-state index is -0.496. The second kappa shape index (κ2) is 7.70. The van der Waals surface area contributed by atoms with Crippen molar-refractivity contribution in [1.82, 2.24) is 9.88 Å². The number of thiazole rings is 1. The van der Waals surface area contributed by atoms with Gasteiger partial charge in [0.2, 0.25) is 0 Å². The van der Waals surface area contributed by atoms with Gasteiger partial charge < -0.3 is 10.5 Å². The molecule has 0 saturated carbocycles. The van der Waals surface area contributed by atoms with Crippen LogP contribution in [0.4, 0.5) is 10.8 Å². The fourth-order valence-corrected chi connectivity index (χ4v) is 4.99. The van der Waals surface area contributed by atoms with Gasteiger partial charge in [-0.3, -0.25) is 10.6 Å². The Balaban J connectivity index is 1.66. The van der Waals surface area contributed by atoms with Gasteiger partial charge in [-0.1, -0.05) is 65.9 Å². The average molecular weight is 418 g/mol. The molecule has 0 radical (unpaired) electrons. The molecule has 0 spiro atoms. The molecule has 0 saturated heterocycles. The van der Waals surface area contributed by atoms with Crippen LogP contribution < -0.4 is 21.1 Å². The Kier molecular flexibility index (Phi) is 4.88. The van der Waals surface area contributed by atoms with Crippen LogP contribution in [0.3, 0.4) is 0 Å². The number of benzene rings is 3. The van der Waals surface area contributed by atoms with Crippen LogP contribution in [0.1, 0.15) is 17.3 Å². The Bertz CT molecular complexity index is 1150. The molecular weight excluding hydrogens is 394 g/mol. The van der Waals surface area contributed by atoms with E-state index < -0.39 is 6.29 Å². The third-order valence-electron chi connectivity index (χ3n) is 5.47. The molecule has 1 aliphatic rings. The predicted octanol–water partition coefficient (Wildman–Crippen LogP) is 4.16. The molecule has 2 heterocycles. The number of hydrogen-bond donors (Lipinski definition) is 2. The molecule has 2 unspecified atom stereocenters. The Labute approximate surface area is 179 Å². The highest BCUT2D eigenvalue weighted by atomic mass is 32.1. The first kappa shape index (κ1) is 19.0. The quantitative estimate of drug-likeness (QED) is 0.519. The van der Waals surface area contributed by atoms with Gasteiger partial charge in [-0.05, 0) is 23.8 Å². The Morgan fingerprint density at radius 2 is 1.73 bits per heavy atom. The fourth-order valence-electron chi connectivity index (χ4n) is 3.98. The van der Waals surface area contributed by atoms with E-state index in [0.717, 1.165) is 37.9 Å². The van der Waals surface area contributed by atoms with E-state index in [0.29, 0.717) is 6.54 Å². The maximum Gasteiger partial charge on any atom is 0.193 e. The molecule has 0 amide bonds. The van der Waals surface area contributed by atoms with Crippen molar-refractivity contribution in [2.24, 2.45) is 11.5 Å². The molecule has 0 bridgehead atoms. The van der Waals surface area contributed by atoms with Gasteiger partial charge in [0.05, 0.1) is 29.2 Å². The van der Waals surface area contributed by atoms with Crippen molar-refractivity contribution in [3.05, 3.63) is 83.9 Å². The van der Waals surface area contributed by atoms with E-state index in [-0.39, 0.29) is 6.17 Å². The van der Waals surface area contributed by atoms with Crippen LogP contribution in [0.25, 0.3) is 10.2 Å². The van der Waals surface area contributed by atoms with Crippen molar-refractivity contribution >= 4 is 32.4 Å². The number of aromatic nitrogens is 1. The largest absolute Gasteiger partial charge is 0.495 e. The van der Waals surface area contributed by atoms with E-state index in [9.17, 15) is 0 Å². The number of rotatable bonds is 4. The van der Waals surface area contributed by atoms with Gasteiger partial charge in [-0.25, -0.2) is 9.88 Å². The van der Waals surface area contributed by atoms with Crippen LogP contribution in [0, 0.1) is 0 Å². The van der Waals surface area contributed by atoms with Crippen molar-refractivity contribution in [3.8, 4) is 5.75 Å². The first-order valence-electron chi connectivity index (χ1n) is 9.80. The molecule has 1 aliphatic heterocycles. The first-order chi connectivity index (χ1) is 14.7. The minimum absolute atomic E-state index is 0.365. The monoisotopic (exact) mass is 417 g/mol. The number of anilines is 2. The third kappa shape index (κ3) is 3.12. The van der Waals surface area contributed by atoms with Gasteiger partial charge in [0.15, 0.2) is 5.13 Å². The molecule has 6 nitrogen and oxygen atoms in total. The van der Waals surface area contributed by atoms with Gasteiger partial charge in [-0.2, -0.15) is 0 Å². The summed E-state index contributed by atoms with van der Waals surface area (Å²) in [7, 11) is 1.67. The number of ether oxygens (including phenoxy) is 1. The maximum atomic E-state index is 6.84. The Morgan fingerprint density at radius 1 is 0.967 bits per heavy atom. The van der Waals surface area contributed by atoms with E-state index >= 15 is 0 Å². The Hall–Kier alpha value is -2.97. The summed E-state index contributed by atoms with van der Waals surface area (Å²) in [4.78, 5) is 9.00. The molecule has 5 rings (SSSR count). The molecule has 4 aromatic rings. The summed E-state index contributed by atoms with van der Waals surface area (Å²) in [5.74, 6) is 0.733. The van der Waals surface area contributed by atoms with Crippen molar-refractivity contribution in [3.63, 3.8) is 0 Å². The van der Waals surface area contributed by atoms with Crippen LogP contribution in [0.15, 0.2) is 72.8 Å². The van der Waals surface area contributed by atoms with Crippen molar-refractivity contribution in [1.29, 1.82) is 0 Å². The van der Waals surface area contributed by atoms with E-state index in [1.807, 2.05) is 59.5 Å². The lowest BCUT2D eigenvalue weighted by Gasteiger charge is -2.46. The summed E-state index contributed by atoms with van der Waals surface area (Å²) in [5, 5.41) is 0.819. The fraction of sp³-hybridized carbons (Fsp3) is 0.174. The standard InChI is InChI=1S/C23H23N5OS/c1-29-18-12-7-10-16-20(18)28(23-26-17-11-5-6-13-19(17)30-23)22(25)27(21(16)24)14-15-8-3-2-4-9-15/h2-13,21-22H,14,24-25H2,1H3. The van der Waals surface area contributed by atoms with Gasteiger partial charge in [0, 0.05) is 12.1 Å². The summed E-state index contributed by atoms with van der Waals surface area (Å²) >= 11 is 1.61. The number of nitrogens with two attached hydrogens (primary N) is 2. The summed E-state index contributed by atoms with van der Waals surface area (Å²) in [6.45, 7) is 0.626. The number of fused-ring (bicyclic) bond motifs is 2. The van der Waals surface area contributed by atoms with Crippen molar-refractivity contribution in [2.45, 2.75) is 19.0 Å². The molecule has 30 heavy (non-hydrogen) atoms. The topological polar surface area (TPSA) is 80.6 Å². The molecular formula is C23H23N5OS. The molecule has 0 fully saturated rings. The van der Waals surface area contributed by atoms with E-state index in [2.05, 4.69) is 23.1 Å². The van der Waals surface area contributed by atoms with Crippen LogP contribution >= 0.6 is 11.3 Å². The van der Waals surface area contributed by atoms with Crippen LogP contribution in [-0.2, 0) is 6.54 Å². The van der Waals surface area contributed by atoms with Crippen LogP contribution in [0.5, 0.6) is 5.75 Å². The summed E-state index contributed by atoms with van der Waals surface area (Å²) in [5.41, 5.74) is 17.5. The zero-order valence-electron chi connectivity index (χ0n) is 16.6. The zero-order valence-corrected chi connectivity index (χ0v) is 17.4. The van der Waals surface area contributed by atoms with Gasteiger partial charge in [-0.15, -0.1) is 0 Å². The highest BCUT2D eigenvalue weighted by molar-refractivity contribution is 7.22. The Morgan fingerprint density at radius 3 is 2.50 bits per heavy atom.